The summed E-state index contributed by atoms with van der Waals surface area (Å²) in [4.78, 5) is 15.6. The monoisotopic (exact) mass is 725 g/mol. The number of nitrogens with one attached hydrogen (secondary N) is 1. The fourth-order valence-corrected chi connectivity index (χ4v) is 8.21. The van der Waals surface area contributed by atoms with Gasteiger partial charge in [-0.15, -0.1) is 0 Å². The number of aliphatic hydroxyl groups is 1. The third kappa shape index (κ3) is 14.0. The number of unbranched alkanes of at least 4 members (excludes halogenated alkanes) is 12. The number of rotatable bonds is 21. The van der Waals surface area contributed by atoms with E-state index in [1.807, 2.05) is 30.3 Å². The van der Waals surface area contributed by atoms with Gasteiger partial charge in [0.1, 0.15) is 0 Å². The first-order chi connectivity index (χ1) is 26.1. The number of carbonyl (C=O) groups is 1. The molecular formula is C47H68N2O4. The first-order valence-electron chi connectivity index (χ1n) is 21.3. The average molecular weight is 725 g/mol. The molecule has 4 unspecified atom stereocenters. The number of likely N-dealkylation sites (tertiary alicyclic amines) is 1. The lowest BCUT2D eigenvalue weighted by molar-refractivity contribution is -0.263. The molecule has 4 atom stereocenters. The number of anilines is 1. The molecule has 0 bridgehead atoms. The van der Waals surface area contributed by atoms with Crippen molar-refractivity contribution in [2.75, 3.05) is 25.0 Å². The minimum Gasteiger partial charge on any atom is -0.392 e. The van der Waals surface area contributed by atoms with E-state index in [4.69, 9.17) is 9.47 Å². The molecule has 2 heterocycles. The van der Waals surface area contributed by atoms with Crippen LogP contribution in [0.1, 0.15) is 169 Å². The van der Waals surface area contributed by atoms with Gasteiger partial charge >= 0.3 is 0 Å². The highest BCUT2D eigenvalue weighted by molar-refractivity contribution is 5.90. The molecule has 0 radical (unpaired) electrons. The fourth-order valence-electron chi connectivity index (χ4n) is 8.21. The molecule has 290 valence electrons. The summed E-state index contributed by atoms with van der Waals surface area (Å²) in [6, 6.07) is 26.9. The predicted octanol–water partition coefficient (Wildman–Crippen LogP) is 11.8. The van der Waals surface area contributed by atoms with Crippen molar-refractivity contribution in [3.05, 3.63) is 101 Å². The SMILES string of the molecule is CCCCCCCCCCCCCCCC(=O)Nc1cccc(C2OC(CN3CCCCCCC3)C(c3ccccc3)C(c3ccc(CO)cc3)O2)c1. The lowest BCUT2D eigenvalue weighted by Gasteiger charge is -2.44. The Morgan fingerprint density at radius 1 is 0.679 bits per heavy atom. The molecule has 0 aromatic heterocycles. The molecule has 2 fully saturated rings. The van der Waals surface area contributed by atoms with Gasteiger partial charge in [0, 0.05) is 30.1 Å². The van der Waals surface area contributed by atoms with Gasteiger partial charge in [-0.2, -0.15) is 0 Å². The highest BCUT2D eigenvalue weighted by atomic mass is 16.7. The predicted molar refractivity (Wildman–Crippen MR) is 218 cm³/mol. The molecule has 0 aliphatic carbocycles. The van der Waals surface area contributed by atoms with Crippen LogP contribution in [0.25, 0.3) is 0 Å². The van der Waals surface area contributed by atoms with Crippen LogP contribution in [0.2, 0.25) is 0 Å². The van der Waals surface area contributed by atoms with Crippen LogP contribution in [-0.4, -0.2) is 41.7 Å². The Morgan fingerprint density at radius 2 is 1.28 bits per heavy atom. The molecule has 2 N–H and O–H groups in total. The molecular weight excluding hydrogens is 657 g/mol. The first kappa shape index (κ1) is 41.1. The molecule has 1 amide bonds. The Balaban J connectivity index is 1.20. The van der Waals surface area contributed by atoms with Crippen LogP contribution in [-0.2, 0) is 20.9 Å². The van der Waals surface area contributed by atoms with Crippen molar-refractivity contribution < 1.29 is 19.4 Å². The second-order valence-electron chi connectivity index (χ2n) is 15.6. The topological polar surface area (TPSA) is 71.0 Å². The maximum absolute atomic E-state index is 13.0. The van der Waals surface area contributed by atoms with Gasteiger partial charge in [-0.1, -0.05) is 170 Å². The van der Waals surface area contributed by atoms with E-state index in [0.29, 0.717) is 6.42 Å². The van der Waals surface area contributed by atoms with E-state index in [2.05, 4.69) is 65.7 Å². The Hall–Kier alpha value is -3.03. The van der Waals surface area contributed by atoms with Crippen LogP contribution in [0, 0.1) is 0 Å². The number of hydrogen-bond acceptors (Lipinski definition) is 5. The maximum atomic E-state index is 13.0. The Morgan fingerprint density at radius 3 is 1.92 bits per heavy atom. The first-order valence-corrected chi connectivity index (χ1v) is 21.3. The molecule has 2 aliphatic heterocycles. The molecule has 2 saturated heterocycles. The van der Waals surface area contributed by atoms with Gasteiger partial charge in [0.15, 0.2) is 6.29 Å². The molecule has 0 spiro atoms. The Bertz CT molecular complexity index is 1420. The fraction of sp³-hybridized carbons (Fsp3) is 0.596. The zero-order valence-corrected chi connectivity index (χ0v) is 32.7. The minimum absolute atomic E-state index is 0.00904. The van der Waals surface area contributed by atoms with Gasteiger partial charge in [0.05, 0.1) is 18.8 Å². The maximum Gasteiger partial charge on any atom is 0.224 e. The van der Waals surface area contributed by atoms with Crippen molar-refractivity contribution in [2.24, 2.45) is 0 Å². The summed E-state index contributed by atoms with van der Waals surface area (Å²) < 4.78 is 14.0. The highest BCUT2D eigenvalue weighted by Crippen LogP contribution is 2.47. The number of carbonyl (C=O) groups excluding carboxylic acids is 1. The van der Waals surface area contributed by atoms with E-state index in [1.165, 1.54) is 108 Å². The average Bonchev–Trinajstić information content (AvgIpc) is 3.18. The van der Waals surface area contributed by atoms with E-state index in [-0.39, 0.29) is 30.6 Å². The lowest BCUT2D eigenvalue weighted by atomic mass is 9.83. The Kier molecular flexibility index (Phi) is 18.4. The molecule has 6 nitrogen and oxygen atoms in total. The highest BCUT2D eigenvalue weighted by Gasteiger charge is 2.42. The second-order valence-corrected chi connectivity index (χ2v) is 15.6. The Labute approximate surface area is 321 Å². The molecule has 3 aromatic carbocycles. The third-order valence-corrected chi connectivity index (χ3v) is 11.3. The van der Waals surface area contributed by atoms with Gasteiger partial charge in [0.2, 0.25) is 5.91 Å². The number of nitrogens with zero attached hydrogens (tertiary/aromatic N) is 1. The smallest absolute Gasteiger partial charge is 0.224 e. The number of ether oxygens (including phenoxy) is 2. The minimum atomic E-state index is -0.588. The second kappa shape index (κ2) is 23.7. The summed E-state index contributed by atoms with van der Waals surface area (Å²) in [6.07, 6.45) is 22.8. The van der Waals surface area contributed by atoms with E-state index >= 15 is 0 Å². The summed E-state index contributed by atoms with van der Waals surface area (Å²) in [6.45, 7) is 5.29. The molecule has 53 heavy (non-hydrogen) atoms. The van der Waals surface area contributed by atoms with E-state index in [1.54, 1.807) is 0 Å². The van der Waals surface area contributed by atoms with E-state index in [0.717, 1.165) is 54.9 Å². The van der Waals surface area contributed by atoms with Crippen molar-refractivity contribution in [1.29, 1.82) is 0 Å². The van der Waals surface area contributed by atoms with Crippen LogP contribution >= 0.6 is 0 Å². The standard InChI is InChI=1S/C47H68N2O4/c1-2-3-4-5-6-7-8-9-10-11-12-14-20-28-44(51)48-42-27-23-26-41(35-42)47-52-43(36-49-33-21-15-13-16-22-34-49)45(39-24-18-17-19-25-39)46(53-47)40-31-29-38(37-50)30-32-40/h17-19,23-27,29-32,35,43,45-47,50H,2-16,20-22,28,33-34,36-37H2,1H3,(H,48,51). The molecule has 2 aliphatic rings. The molecule has 5 rings (SSSR count). The summed E-state index contributed by atoms with van der Waals surface area (Å²) in [5, 5.41) is 12.9. The zero-order chi connectivity index (χ0) is 36.9. The largest absolute Gasteiger partial charge is 0.392 e. The van der Waals surface area contributed by atoms with Gasteiger partial charge < -0.3 is 24.8 Å². The van der Waals surface area contributed by atoms with Gasteiger partial charge in [-0.25, -0.2) is 0 Å². The van der Waals surface area contributed by atoms with E-state index in [9.17, 15) is 9.90 Å². The third-order valence-electron chi connectivity index (χ3n) is 11.3. The van der Waals surface area contributed by atoms with Crippen molar-refractivity contribution in [3.63, 3.8) is 0 Å². The van der Waals surface area contributed by atoms with Crippen molar-refractivity contribution >= 4 is 11.6 Å². The van der Waals surface area contributed by atoms with Crippen molar-refractivity contribution in [1.82, 2.24) is 4.90 Å². The van der Waals surface area contributed by atoms with Crippen LogP contribution < -0.4 is 5.32 Å². The molecule has 0 saturated carbocycles. The van der Waals surface area contributed by atoms with Gasteiger partial charge in [-0.3, -0.25) is 4.79 Å². The molecule has 3 aromatic rings. The van der Waals surface area contributed by atoms with Crippen LogP contribution in [0.15, 0.2) is 78.9 Å². The van der Waals surface area contributed by atoms with Gasteiger partial charge in [0.25, 0.3) is 0 Å². The molecule has 6 heteroatoms. The number of hydrogen-bond donors (Lipinski definition) is 2. The zero-order valence-electron chi connectivity index (χ0n) is 32.7. The van der Waals surface area contributed by atoms with Crippen LogP contribution in [0.3, 0.4) is 0 Å². The van der Waals surface area contributed by atoms with E-state index < -0.39 is 6.29 Å². The van der Waals surface area contributed by atoms with Crippen molar-refractivity contribution in [2.45, 2.75) is 160 Å². The van der Waals surface area contributed by atoms with Gasteiger partial charge in [-0.05, 0) is 61.2 Å². The summed E-state index contributed by atoms with van der Waals surface area (Å²) in [5.74, 6) is 0.0535. The lowest BCUT2D eigenvalue weighted by Crippen LogP contribution is -2.45. The van der Waals surface area contributed by atoms with Crippen molar-refractivity contribution in [3.8, 4) is 0 Å². The van der Waals surface area contributed by atoms with Crippen LogP contribution in [0.5, 0.6) is 0 Å². The quantitative estimate of drug-likeness (QED) is 0.107. The summed E-state index contributed by atoms with van der Waals surface area (Å²) in [7, 11) is 0. The number of benzene rings is 3. The number of amides is 1. The number of aliphatic hydroxyl groups excluding tert-OH is 1. The van der Waals surface area contributed by atoms with Crippen LogP contribution in [0.4, 0.5) is 5.69 Å². The normalized spacial score (nSPS) is 21.2. The summed E-state index contributed by atoms with van der Waals surface area (Å²) in [5.41, 5.74) is 4.85. The summed E-state index contributed by atoms with van der Waals surface area (Å²) >= 11 is 0.